The summed E-state index contributed by atoms with van der Waals surface area (Å²) in [5, 5.41) is 3.61. The summed E-state index contributed by atoms with van der Waals surface area (Å²) in [6, 6.07) is 6.71. The molecule has 2 nitrogen and oxygen atoms in total. The van der Waals surface area contributed by atoms with Gasteiger partial charge in [-0.05, 0) is 64.8 Å². The first kappa shape index (κ1) is 13.9. The summed E-state index contributed by atoms with van der Waals surface area (Å²) in [7, 11) is 0. The minimum Gasteiger partial charge on any atom is -0.379 e. The highest BCUT2D eigenvalue weighted by Gasteiger charge is 2.45. The number of benzene rings is 1. The molecule has 1 aromatic carbocycles. The lowest BCUT2D eigenvalue weighted by Gasteiger charge is -2.28. The van der Waals surface area contributed by atoms with Crippen LogP contribution in [-0.4, -0.2) is 17.2 Å². The van der Waals surface area contributed by atoms with Crippen LogP contribution in [0.3, 0.4) is 0 Å². The molecule has 1 saturated heterocycles. The molecule has 1 atom stereocenters. The van der Waals surface area contributed by atoms with Gasteiger partial charge in [-0.2, -0.15) is 0 Å². The van der Waals surface area contributed by atoms with Crippen LogP contribution in [0.1, 0.15) is 39.7 Å². The average molecular weight is 312 g/mol. The SMILES string of the molecule is Cc1cc(NC2CC(C)(C)OC2(C)C)ccc1Br. The standard InChI is InChI=1S/C15H22BrNO/c1-10-8-11(6-7-12(10)16)17-13-9-14(2,3)18-15(13,4)5/h6-8,13,17H,9H2,1-5H3. The summed E-state index contributed by atoms with van der Waals surface area (Å²) in [6.07, 6.45) is 1.02. The van der Waals surface area contributed by atoms with Gasteiger partial charge in [-0.1, -0.05) is 15.9 Å². The molecule has 1 unspecified atom stereocenters. The van der Waals surface area contributed by atoms with Gasteiger partial charge in [0, 0.05) is 10.2 Å². The Kier molecular flexibility index (Phi) is 3.50. The van der Waals surface area contributed by atoms with E-state index in [1.165, 1.54) is 5.56 Å². The van der Waals surface area contributed by atoms with Crippen molar-refractivity contribution in [3.8, 4) is 0 Å². The van der Waals surface area contributed by atoms with Crippen LogP contribution >= 0.6 is 15.9 Å². The van der Waals surface area contributed by atoms with Crippen molar-refractivity contribution in [1.82, 2.24) is 0 Å². The lowest BCUT2D eigenvalue weighted by molar-refractivity contribution is -0.0662. The van der Waals surface area contributed by atoms with Crippen LogP contribution < -0.4 is 5.32 Å². The zero-order valence-corrected chi connectivity index (χ0v) is 13.4. The number of ether oxygens (including phenoxy) is 1. The van der Waals surface area contributed by atoms with Gasteiger partial charge in [0.05, 0.1) is 17.2 Å². The van der Waals surface area contributed by atoms with E-state index in [0.717, 1.165) is 16.6 Å². The first-order chi connectivity index (χ1) is 8.20. The molecule has 1 N–H and O–H groups in total. The Morgan fingerprint density at radius 3 is 2.44 bits per heavy atom. The normalized spacial score (nSPS) is 25.1. The summed E-state index contributed by atoms with van der Waals surface area (Å²) in [5.41, 5.74) is 2.22. The van der Waals surface area contributed by atoms with Crippen molar-refractivity contribution in [1.29, 1.82) is 0 Å². The lowest BCUT2D eigenvalue weighted by Crippen LogP contribution is -2.38. The van der Waals surface area contributed by atoms with Gasteiger partial charge in [0.15, 0.2) is 0 Å². The number of aryl methyl sites for hydroxylation is 1. The van der Waals surface area contributed by atoms with E-state index >= 15 is 0 Å². The maximum absolute atomic E-state index is 6.10. The molecule has 2 rings (SSSR count). The molecular formula is C15H22BrNO. The Morgan fingerprint density at radius 2 is 1.94 bits per heavy atom. The van der Waals surface area contributed by atoms with E-state index in [4.69, 9.17) is 4.74 Å². The van der Waals surface area contributed by atoms with Gasteiger partial charge < -0.3 is 10.1 Å². The van der Waals surface area contributed by atoms with Crippen LogP contribution in [0.4, 0.5) is 5.69 Å². The van der Waals surface area contributed by atoms with Crippen LogP contribution in [-0.2, 0) is 4.74 Å². The summed E-state index contributed by atoms with van der Waals surface area (Å²) in [6.45, 7) is 10.7. The highest BCUT2D eigenvalue weighted by atomic mass is 79.9. The van der Waals surface area contributed by atoms with E-state index < -0.39 is 0 Å². The zero-order chi connectivity index (χ0) is 13.6. The topological polar surface area (TPSA) is 21.3 Å². The maximum atomic E-state index is 6.10. The molecule has 18 heavy (non-hydrogen) atoms. The Hall–Kier alpha value is -0.540. The summed E-state index contributed by atoms with van der Waals surface area (Å²) < 4.78 is 7.25. The first-order valence-corrected chi connectivity index (χ1v) is 7.22. The van der Waals surface area contributed by atoms with Crippen molar-refractivity contribution in [2.75, 3.05) is 5.32 Å². The molecule has 1 aliphatic rings. The molecule has 0 saturated carbocycles. The second-order valence-electron chi connectivity index (χ2n) is 6.33. The predicted molar refractivity (Wildman–Crippen MR) is 80.1 cm³/mol. The predicted octanol–water partition coefficient (Wildman–Crippen LogP) is 4.52. The molecule has 1 fully saturated rings. The van der Waals surface area contributed by atoms with Crippen molar-refractivity contribution in [2.24, 2.45) is 0 Å². The number of hydrogen-bond donors (Lipinski definition) is 1. The van der Waals surface area contributed by atoms with Crippen LogP contribution in [0.5, 0.6) is 0 Å². The van der Waals surface area contributed by atoms with Crippen molar-refractivity contribution in [3.63, 3.8) is 0 Å². The molecule has 1 aromatic rings. The number of hydrogen-bond acceptors (Lipinski definition) is 2. The first-order valence-electron chi connectivity index (χ1n) is 6.42. The fourth-order valence-electron chi connectivity index (χ4n) is 2.72. The van der Waals surface area contributed by atoms with Gasteiger partial charge in [0.2, 0.25) is 0 Å². The molecule has 3 heteroatoms. The monoisotopic (exact) mass is 311 g/mol. The van der Waals surface area contributed by atoms with Gasteiger partial charge in [0.25, 0.3) is 0 Å². The van der Waals surface area contributed by atoms with Gasteiger partial charge >= 0.3 is 0 Å². The van der Waals surface area contributed by atoms with E-state index in [9.17, 15) is 0 Å². The minimum absolute atomic E-state index is 0.0500. The van der Waals surface area contributed by atoms with Gasteiger partial charge in [-0.25, -0.2) is 0 Å². The quantitative estimate of drug-likeness (QED) is 0.867. The van der Waals surface area contributed by atoms with Crippen LogP contribution in [0.2, 0.25) is 0 Å². The lowest BCUT2D eigenvalue weighted by atomic mass is 9.94. The van der Waals surface area contributed by atoms with E-state index in [0.29, 0.717) is 6.04 Å². The second-order valence-corrected chi connectivity index (χ2v) is 7.18. The fraction of sp³-hybridized carbons (Fsp3) is 0.600. The largest absolute Gasteiger partial charge is 0.379 e. The molecule has 0 radical (unpaired) electrons. The van der Waals surface area contributed by atoms with Crippen molar-refractivity contribution in [2.45, 2.75) is 58.3 Å². The Balaban J connectivity index is 2.16. The van der Waals surface area contributed by atoms with Crippen molar-refractivity contribution >= 4 is 21.6 Å². The van der Waals surface area contributed by atoms with Gasteiger partial charge in [-0.3, -0.25) is 0 Å². The van der Waals surface area contributed by atoms with E-state index in [1.807, 2.05) is 0 Å². The van der Waals surface area contributed by atoms with Crippen molar-refractivity contribution in [3.05, 3.63) is 28.2 Å². The molecular weight excluding hydrogens is 290 g/mol. The third-order valence-corrected chi connectivity index (χ3v) is 4.46. The molecule has 0 aromatic heterocycles. The maximum Gasteiger partial charge on any atom is 0.0834 e. The highest BCUT2D eigenvalue weighted by Crippen LogP contribution is 2.39. The molecule has 0 amide bonds. The summed E-state index contributed by atoms with van der Waals surface area (Å²) in [5.74, 6) is 0. The van der Waals surface area contributed by atoms with E-state index in [1.54, 1.807) is 0 Å². The smallest absolute Gasteiger partial charge is 0.0834 e. The Labute approximate surface area is 118 Å². The van der Waals surface area contributed by atoms with Gasteiger partial charge in [0.1, 0.15) is 0 Å². The molecule has 0 spiro atoms. The molecule has 1 heterocycles. The van der Waals surface area contributed by atoms with Crippen LogP contribution in [0.15, 0.2) is 22.7 Å². The minimum atomic E-state index is -0.134. The Morgan fingerprint density at radius 1 is 1.28 bits per heavy atom. The average Bonchev–Trinajstić information content (AvgIpc) is 2.40. The molecule has 1 aliphatic heterocycles. The number of nitrogens with one attached hydrogen (secondary N) is 1. The number of rotatable bonds is 2. The summed E-state index contributed by atoms with van der Waals surface area (Å²) >= 11 is 3.53. The molecule has 100 valence electrons. The third kappa shape index (κ3) is 2.89. The van der Waals surface area contributed by atoms with E-state index in [2.05, 4.69) is 74.1 Å². The zero-order valence-electron chi connectivity index (χ0n) is 11.8. The van der Waals surface area contributed by atoms with Crippen LogP contribution in [0.25, 0.3) is 0 Å². The van der Waals surface area contributed by atoms with Crippen molar-refractivity contribution < 1.29 is 4.74 Å². The van der Waals surface area contributed by atoms with Crippen LogP contribution in [0, 0.1) is 6.92 Å². The third-order valence-electron chi connectivity index (χ3n) is 3.57. The highest BCUT2D eigenvalue weighted by molar-refractivity contribution is 9.10. The van der Waals surface area contributed by atoms with E-state index in [-0.39, 0.29) is 11.2 Å². The molecule has 0 bridgehead atoms. The van der Waals surface area contributed by atoms with Gasteiger partial charge in [-0.15, -0.1) is 0 Å². The number of halogens is 1. The Bertz CT molecular complexity index is 454. The second kappa shape index (κ2) is 4.53. The number of anilines is 1. The fourth-order valence-corrected chi connectivity index (χ4v) is 2.97. The molecule has 0 aliphatic carbocycles. The summed E-state index contributed by atoms with van der Waals surface area (Å²) in [4.78, 5) is 0.